The molecule has 0 aromatic heterocycles. The summed E-state index contributed by atoms with van der Waals surface area (Å²) in [4.78, 5) is 24.0. The fraction of sp³-hybridized carbons (Fsp3) is 0.333. The monoisotopic (exact) mass is 338 g/mol. The topological polar surface area (TPSA) is 58.2 Å². The summed E-state index contributed by atoms with van der Waals surface area (Å²) in [5.74, 6) is -0.329. The molecular weight excluding hydrogens is 312 g/mol. The van der Waals surface area contributed by atoms with Gasteiger partial charge in [-0.05, 0) is 62.4 Å². The molecule has 0 saturated carbocycles. The second-order valence-electron chi connectivity index (χ2n) is 6.50. The summed E-state index contributed by atoms with van der Waals surface area (Å²) < 4.78 is 0. The van der Waals surface area contributed by atoms with E-state index in [9.17, 15) is 9.59 Å². The van der Waals surface area contributed by atoms with Crippen molar-refractivity contribution in [3.8, 4) is 0 Å². The van der Waals surface area contributed by atoms with Crippen molar-refractivity contribution in [3.63, 3.8) is 0 Å². The maximum absolute atomic E-state index is 12.0. The number of hydrogen-bond acceptors (Lipinski definition) is 2. The molecular formula is C21H26N2O2. The molecule has 2 aromatic rings. The van der Waals surface area contributed by atoms with E-state index in [0.717, 1.165) is 16.8 Å². The number of amides is 2. The van der Waals surface area contributed by atoms with Gasteiger partial charge in [0.1, 0.15) is 0 Å². The van der Waals surface area contributed by atoms with E-state index in [0.29, 0.717) is 12.8 Å². The standard InChI is InChI=1S/C21H26N2O2/c1-14-8-9-18(16(3)12-14)10-11-20(24)22-13-21(25)23-19-7-5-6-15(2)17(19)4/h5-9,12H,10-11,13H2,1-4H3,(H,22,24)(H,23,25). The lowest BCUT2D eigenvalue weighted by atomic mass is 10.0. The number of hydrogen-bond donors (Lipinski definition) is 2. The molecule has 0 heterocycles. The van der Waals surface area contributed by atoms with Crippen LogP contribution in [0.3, 0.4) is 0 Å². The fourth-order valence-electron chi connectivity index (χ4n) is 2.72. The Bertz CT molecular complexity index is 781. The number of rotatable bonds is 6. The first kappa shape index (κ1) is 18.7. The van der Waals surface area contributed by atoms with Crippen LogP contribution in [0.25, 0.3) is 0 Å². The molecule has 2 rings (SSSR count). The van der Waals surface area contributed by atoms with E-state index in [1.165, 1.54) is 16.7 Å². The van der Waals surface area contributed by atoms with Crippen LogP contribution < -0.4 is 10.6 Å². The maximum Gasteiger partial charge on any atom is 0.243 e. The number of aryl methyl sites for hydroxylation is 4. The van der Waals surface area contributed by atoms with Crippen molar-refractivity contribution in [2.45, 2.75) is 40.5 Å². The molecule has 0 aliphatic heterocycles. The molecule has 0 radical (unpaired) electrons. The normalized spacial score (nSPS) is 10.4. The quantitative estimate of drug-likeness (QED) is 0.845. The summed E-state index contributed by atoms with van der Waals surface area (Å²) in [7, 11) is 0. The Labute approximate surface area is 149 Å². The third kappa shape index (κ3) is 5.45. The largest absolute Gasteiger partial charge is 0.347 e. The molecule has 2 amide bonds. The molecule has 4 nitrogen and oxygen atoms in total. The number of anilines is 1. The Kier molecular flexibility index (Phi) is 6.34. The highest BCUT2D eigenvalue weighted by molar-refractivity contribution is 5.95. The highest BCUT2D eigenvalue weighted by Gasteiger charge is 2.09. The molecule has 0 aliphatic rings. The SMILES string of the molecule is Cc1ccc(CCC(=O)NCC(=O)Nc2cccc(C)c2C)c(C)c1. The third-order valence-corrected chi connectivity index (χ3v) is 4.44. The predicted octanol–water partition coefficient (Wildman–Crippen LogP) is 3.61. The predicted molar refractivity (Wildman–Crippen MR) is 102 cm³/mol. The Morgan fingerprint density at radius 3 is 2.40 bits per heavy atom. The van der Waals surface area contributed by atoms with Crippen molar-refractivity contribution in [1.29, 1.82) is 0 Å². The lowest BCUT2D eigenvalue weighted by molar-refractivity contribution is -0.124. The highest BCUT2D eigenvalue weighted by atomic mass is 16.2. The molecule has 132 valence electrons. The Hall–Kier alpha value is -2.62. The summed E-state index contributed by atoms with van der Waals surface area (Å²) in [6.45, 7) is 8.06. The van der Waals surface area contributed by atoms with Crippen molar-refractivity contribution in [1.82, 2.24) is 5.32 Å². The summed E-state index contributed by atoms with van der Waals surface area (Å²) >= 11 is 0. The molecule has 0 fully saturated rings. The zero-order valence-corrected chi connectivity index (χ0v) is 15.4. The Balaban J connectivity index is 1.79. The summed E-state index contributed by atoms with van der Waals surface area (Å²) in [6.07, 6.45) is 1.05. The zero-order valence-electron chi connectivity index (χ0n) is 15.4. The fourth-order valence-corrected chi connectivity index (χ4v) is 2.72. The van der Waals surface area contributed by atoms with Crippen molar-refractivity contribution < 1.29 is 9.59 Å². The smallest absolute Gasteiger partial charge is 0.243 e. The van der Waals surface area contributed by atoms with Gasteiger partial charge in [0, 0.05) is 12.1 Å². The second-order valence-corrected chi connectivity index (χ2v) is 6.50. The minimum Gasteiger partial charge on any atom is -0.347 e. The summed E-state index contributed by atoms with van der Waals surface area (Å²) in [5, 5.41) is 5.53. The van der Waals surface area contributed by atoms with Crippen LogP contribution in [0.1, 0.15) is 34.2 Å². The first-order valence-electron chi connectivity index (χ1n) is 8.55. The molecule has 0 atom stereocenters. The molecule has 0 bridgehead atoms. The number of carbonyl (C=O) groups excluding carboxylic acids is 2. The summed E-state index contributed by atoms with van der Waals surface area (Å²) in [5.41, 5.74) is 6.52. The van der Waals surface area contributed by atoms with Gasteiger partial charge in [-0.2, -0.15) is 0 Å². The lowest BCUT2D eigenvalue weighted by Gasteiger charge is -2.11. The molecule has 0 unspecified atom stereocenters. The Morgan fingerprint density at radius 2 is 1.68 bits per heavy atom. The van der Waals surface area contributed by atoms with E-state index in [1.54, 1.807) is 0 Å². The molecule has 4 heteroatoms. The van der Waals surface area contributed by atoms with Gasteiger partial charge < -0.3 is 10.6 Å². The second kappa shape index (κ2) is 8.47. The van der Waals surface area contributed by atoms with Crippen molar-refractivity contribution in [3.05, 3.63) is 64.2 Å². The zero-order chi connectivity index (χ0) is 18.4. The number of benzene rings is 2. The first-order chi connectivity index (χ1) is 11.9. The molecule has 0 saturated heterocycles. The summed E-state index contributed by atoms with van der Waals surface area (Å²) in [6, 6.07) is 12.0. The third-order valence-electron chi connectivity index (χ3n) is 4.44. The van der Waals surface area contributed by atoms with Gasteiger partial charge in [0.2, 0.25) is 11.8 Å². The maximum atomic E-state index is 12.0. The van der Waals surface area contributed by atoms with Crippen molar-refractivity contribution in [2.75, 3.05) is 11.9 Å². The van der Waals surface area contributed by atoms with E-state index >= 15 is 0 Å². The van der Waals surface area contributed by atoms with E-state index in [4.69, 9.17) is 0 Å². The Morgan fingerprint density at radius 1 is 0.920 bits per heavy atom. The molecule has 0 spiro atoms. The molecule has 0 aliphatic carbocycles. The van der Waals surface area contributed by atoms with Crippen LogP contribution in [0.4, 0.5) is 5.69 Å². The van der Waals surface area contributed by atoms with Crippen LogP contribution in [0.5, 0.6) is 0 Å². The first-order valence-corrected chi connectivity index (χ1v) is 8.55. The van der Waals surface area contributed by atoms with Gasteiger partial charge >= 0.3 is 0 Å². The van der Waals surface area contributed by atoms with E-state index < -0.39 is 0 Å². The van der Waals surface area contributed by atoms with Crippen LogP contribution in [0.15, 0.2) is 36.4 Å². The minimum atomic E-state index is -0.214. The van der Waals surface area contributed by atoms with Gasteiger partial charge in [-0.1, -0.05) is 35.9 Å². The van der Waals surface area contributed by atoms with Crippen LogP contribution in [0.2, 0.25) is 0 Å². The molecule has 2 aromatic carbocycles. The van der Waals surface area contributed by atoms with E-state index in [2.05, 4.69) is 42.7 Å². The minimum absolute atomic E-state index is 0.0148. The highest BCUT2D eigenvalue weighted by Crippen LogP contribution is 2.17. The number of nitrogens with one attached hydrogen (secondary N) is 2. The van der Waals surface area contributed by atoms with Gasteiger partial charge in [0.05, 0.1) is 6.54 Å². The van der Waals surface area contributed by atoms with Gasteiger partial charge in [-0.3, -0.25) is 9.59 Å². The average Bonchev–Trinajstić information content (AvgIpc) is 2.56. The van der Waals surface area contributed by atoms with Crippen molar-refractivity contribution in [2.24, 2.45) is 0 Å². The van der Waals surface area contributed by atoms with Gasteiger partial charge in [0.15, 0.2) is 0 Å². The average molecular weight is 338 g/mol. The molecule has 25 heavy (non-hydrogen) atoms. The van der Waals surface area contributed by atoms with Gasteiger partial charge in [-0.15, -0.1) is 0 Å². The lowest BCUT2D eigenvalue weighted by Crippen LogP contribution is -2.33. The van der Waals surface area contributed by atoms with E-state index in [1.807, 2.05) is 32.0 Å². The van der Waals surface area contributed by atoms with Crippen LogP contribution in [0, 0.1) is 27.7 Å². The van der Waals surface area contributed by atoms with Gasteiger partial charge in [0.25, 0.3) is 0 Å². The molecule has 2 N–H and O–H groups in total. The number of carbonyl (C=O) groups is 2. The van der Waals surface area contributed by atoms with E-state index in [-0.39, 0.29) is 18.4 Å². The van der Waals surface area contributed by atoms with Crippen LogP contribution >= 0.6 is 0 Å². The van der Waals surface area contributed by atoms with Crippen molar-refractivity contribution >= 4 is 17.5 Å². The van der Waals surface area contributed by atoms with Gasteiger partial charge in [-0.25, -0.2) is 0 Å². The van der Waals surface area contributed by atoms with Crippen LogP contribution in [-0.2, 0) is 16.0 Å². The van der Waals surface area contributed by atoms with Crippen LogP contribution in [-0.4, -0.2) is 18.4 Å².